The van der Waals surface area contributed by atoms with Crippen molar-refractivity contribution in [2.45, 2.75) is 24.8 Å². The van der Waals surface area contributed by atoms with Crippen LogP contribution in [-0.4, -0.2) is 44.3 Å². The van der Waals surface area contributed by atoms with Crippen LogP contribution in [0.1, 0.15) is 16.7 Å². The van der Waals surface area contributed by atoms with E-state index in [1.807, 2.05) is 19.2 Å². The number of fused-ring (bicyclic) bond motifs is 1. The Morgan fingerprint density at radius 3 is 2.44 bits per heavy atom. The second kappa shape index (κ2) is 7.23. The molecule has 1 aliphatic rings. The summed E-state index contributed by atoms with van der Waals surface area (Å²) in [5, 5.41) is 0. The highest BCUT2D eigenvalue weighted by Crippen LogP contribution is 2.23. The molecule has 0 amide bonds. The Hall–Kier alpha value is -1.76. The predicted octanol–water partition coefficient (Wildman–Crippen LogP) is 2.64. The van der Waals surface area contributed by atoms with Crippen LogP contribution in [0.25, 0.3) is 0 Å². The number of halogens is 1. The highest BCUT2D eigenvalue weighted by molar-refractivity contribution is 7.88. The van der Waals surface area contributed by atoms with Crippen LogP contribution < -0.4 is 0 Å². The molecule has 2 aromatic carbocycles. The smallest absolute Gasteiger partial charge is 0.218 e. The molecule has 25 heavy (non-hydrogen) atoms. The van der Waals surface area contributed by atoms with E-state index in [0.29, 0.717) is 12.1 Å². The number of hydrogen-bond acceptors (Lipinski definition) is 3. The summed E-state index contributed by atoms with van der Waals surface area (Å²) in [5.74, 6) is -0.478. The molecule has 0 N–H and O–H groups in total. The van der Waals surface area contributed by atoms with Crippen molar-refractivity contribution >= 4 is 10.0 Å². The SMILES string of the molecule is CN1Cc2ccccc2CC1CN(C)S(=O)(=O)Cc1ccc(F)cc1. The van der Waals surface area contributed by atoms with Crippen LogP contribution >= 0.6 is 0 Å². The quantitative estimate of drug-likeness (QED) is 0.821. The van der Waals surface area contributed by atoms with Crippen LogP contribution in [0.5, 0.6) is 0 Å². The second-order valence-electron chi connectivity index (χ2n) is 6.70. The Kier molecular flexibility index (Phi) is 5.22. The van der Waals surface area contributed by atoms with Gasteiger partial charge in [-0.05, 0) is 42.3 Å². The largest absolute Gasteiger partial charge is 0.298 e. The van der Waals surface area contributed by atoms with Gasteiger partial charge in [-0.25, -0.2) is 17.1 Å². The Labute approximate surface area is 148 Å². The maximum Gasteiger partial charge on any atom is 0.218 e. The van der Waals surface area contributed by atoms with Gasteiger partial charge in [0.15, 0.2) is 0 Å². The number of benzene rings is 2. The molecule has 1 unspecified atom stereocenters. The predicted molar refractivity (Wildman–Crippen MR) is 97.1 cm³/mol. The molecular weight excluding hydrogens is 339 g/mol. The lowest BCUT2D eigenvalue weighted by molar-refractivity contribution is 0.191. The molecule has 134 valence electrons. The minimum absolute atomic E-state index is 0.114. The fourth-order valence-corrected chi connectivity index (χ4v) is 4.47. The van der Waals surface area contributed by atoms with Gasteiger partial charge in [0.25, 0.3) is 0 Å². The van der Waals surface area contributed by atoms with Gasteiger partial charge in [-0.2, -0.15) is 0 Å². The second-order valence-corrected chi connectivity index (χ2v) is 8.78. The van der Waals surface area contributed by atoms with Crippen molar-refractivity contribution in [2.75, 3.05) is 20.6 Å². The van der Waals surface area contributed by atoms with Gasteiger partial charge in [0.1, 0.15) is 5.82 Å². The van der Waals surface area contributed by atoms with Gasteiger partial charge >= 0.3 is 0 Å². The minimum atomic E-state index is -3.44. The van der Waals surface area contributed by atoms with Crippen molar-refractivity contribution in [3.05, 3.63) is 71.0 Å². The number of hydrogen-bond donors (Lipinski definition) is 0. The van der Waals surface area contributed by atoms with Gasteiger partial charge in [-0.15, -0.1) is 0 Å². The molecule has 0 saturated carbocycles. The highest BCUT2D eigenvalue weighted by Gasteiger charge is 2.28. The molecule has 3 rings (SSSR count). The molecule has 1 heterocycles. The van der Waals surface area contributed by atoms with E-state index in [1.165, 1.54) is 39.7 Å². The van der Waals surface area contributed by atoms with Gasteiger partial charge < -0.3 is 0 Å². The Balaban J connectivity index is 1.68. The molecule has 0 fully saturated rings. The first-order valence-corrected chi connectivity index (χ1v) is 9.91. The molecule has 2 aromatic rings. The Bertz CT molecular complexity index is 837. The Morgan fingerprint density at radius 1 is 1.12 bits per heavy atom. The summed E-state index contributed by atoms with van der Waals surface area (Å²) in [6.45, 7) is 1.26. The molecule has 6 heteroatoms. The summed E-state index contributed by atoms with van der Waals surface area (Å²) in [6, 6.07) is 14.0. The molecule has 0 aliphatic carbocycles. The van der Waals surface area contributed by atoms with E-state index in [4.69, 9.17) is 0 Å². The molecule has 0 bridgehead atoms. The van der Waals surface area contributed by atoms with Crippen molar-refractivity contribution in [1.29, 1.82) is 0 Å². The lowest BCUT2D eigenvalue weighted by Crippen LogP contribution is -2.46. The lowest BCUT2D eigenvalue weighted by atomic mass is 9.94. The standard InChI is InChI=1S/C19H23FN2O2S/c1-21-12-17-6-4-3-5-16(17)11-19(21)13-22(2)25(23,24)14-15-7-9-18(20)10-8-15/h3-10,19H,11-14H2,1-2H3. The zero-order valence-electron chi connectivity index (χ0n) is 14.5. The van der Waals surface area contributed by atoms with E-state index < -0.39 is 10.0 Å². The van der Waals surface area contributed by atoms with Gasteiger partial charge in [0.05, 0.1) is 5.75 Å². The van der Waals surface area contributed by atoms with Crippen molar-refractivity contribution < 1.29 is 12.8 Å². The monoisotopic (exact) mass is 362 g/mol. The summed E-state index contributed by atoms with van der Waals surface area (Å²) in [6.07, 6.45) is 0.836. The van der Waals surface area contributed by atoms with Gasteiger partial charge in [-0.1, -0.05) is 36.4 Å². The van der Waals surface area contributed by atoms with E-state index in [0.717, 1.165) is 13.0 Å². The third-order valence-electron chi connectivity index (χ3n) is 4.82. The number of likely N-dealkylation sites (N-methyl/N-ethyl adjacent to an activating group) is 2. The summed E-state index contributed by atoms with van der Waals surface area (Å²) in [5.41, 5.74) is 3.18. The van der Waals surface area contributed by atoms with Crippen LogP contribution in [0.15, 0.2) is 48.5 Å². The van der Waals surface area contributed by atoms with Crippen LogP contribution in [0.4, 0.5) is 4.39 Å². The summed E-state index contributed by atoms with van der Waals surface area (Å²) < 4.78 is 39.7. The minimum Gasteiger partial charge on any atom is -0.298 e. The zero-order chi connectivity index (χ0) is 18.0. The summed E-state index contributed by atoms with van der Waals surface area (Å²) >= 11 is 0. The summed E-state index contributed by atoms with van der Waals surface area (Å²) in [4.78, 5) is 2.20. The first kappa shape index (κ1) is 18.0. The topological polar surface area (TPSA) is 40.6 Å². The number of sulfonamides is 1. The third kappa shape index (κ3) is 4.26. The highest BCUT2D eigenvalue weighted by atomic mass is 32.2. The fraction of sp³-hybridized carbons (Fsp3) is 0.368. The van der Waals surface area contributed by atoms with E-state index in [9.17, 15) is 12.8 Å². The first-order valence-electron chi connectivity index (χ1n) is 8.30. The molecule has 1 aliphatic heterocycles. The van der Waals surface area contributed by atoms with E-state index in [1.54, 1.807) is 7.05 Å². The van der Waals surface area contributed by atoms with Gasteiger partial charge in [-0.3, -0.25) is 4.90 Å². The average molecular weight is 362 g/mol. The zero-order valence-corrected chi connectivity index (χ0v) is 15.3. The van der Waals surface area contributed by atoms with E-state index in [2.05, 4.69) is 17.0 Å². The van der Waals surface area contributed by atoms with Crippen LogP contribution in [0.3, 0.4) is 0 Å². The third-order valence-corrected chi connectivity index (χ3v) is 6.62. The van der Waals surface area contributed by atoms with Gasteiger partial charge in [0, 0.05) is 26.2 Å². The van der Waals surface area contributed by atoms with Gasteiger partial charge in [0.2, 0.25) is 10.0 Å². The molecule has 0 radical (unpaired) electrons. The Morgan fingerprint density at radius 2 is 1.76 bits per heavy atom. The van der Waals surface area contributed by atoms with Crippen molar-refractivity contribution in [1.82, 2.24) is 9.21 Å². The molecule has 4 nitrogen and oxygen atoms in total. The summed E-state index contributed by atoms with van der Waals surface area (Å²) in [7, 11) is 0.205. The van der Waals surface area contributed by atoms with Crippen LogP contribution in [0.2, 0.25) is 0 Å². The van der Waals surface area contributed by atoms with E-state index >= 15 is 0 Å². The maximum atomic E-state index is 13.0. The molecule has 1 atom stereocenters. The fourth-order valence-electron chi connectivity index (χ4n) is 3.23. The number of rotatable bonds is 5. The normalized spacial score (nSPS) is 18.3. The first-order chi connectivity index (χ1) is 11.8. The van der Waals surface area contributed by atoms with Crippen molar-refractivity contribution in [2.24, 2.45) is 0 Å². The molecule has 0 saturated heterocycles. The van der Waals surface area contributed by atoms with Crippen molar-refractivity contribution in [3.8, 4) is 0 Å². The van der Waals surface area contributed by atoms with Crippen LogP contribution in [-0.2, 0) is 28.7 Å². The maximum absolute atomic E-state index is 13.0. The molecule has 0 spiro atoms. The van der Waals surface area contributed by atoms with Crippen LogP contribution in [0, 0.1) is 5.82 Å². The lowest BCUT2D eigenvalue weighted by Gasteiger charge is -2.36. The van der Waals surface area contributed by atoms with E-state index in [-0.39, 0.29) is 17.6 Å². The number of nitrogens with zero attached hydrogens (tertiary/aromatic N) is 2. The molecular formula is C19H23FN2O2S. The molecule has 0 aromatic heterocycles. The average Bonchev–Trinajstić information content (AvgIpc) is 2.57. The van der Waals surface area contributed by atoms with Crippen molar-refractivity contribution in [3.63, 3.8) is 0 Å².